The van der Waals surface area contributed by atoms with Crippen molar-refractivity contribution in [2.75, 3.05) is 13.2 Å². The first-order valence-corrected chi connectivity index (χ1v) is 31.6. The molecule has 6 N–H and O–H groups in total. The highest BCUT2D eigenvalue weighted by Gasteiger charge is 2.44. The Bertz CT molecular complexity index is 1180. The maximum atomic E-state index is 13.1. The van der Waals surface area contributed by atoms with Gasteiger partial charge >= 0.3 is 0 Å². The molecule has 1 heterocycles. The van der Waals surface area contributed by atoms with Gasteiger partial charge in [0.2, 0.25) is 5.91 Å². The van der Waals surface area contributed by atoms with Gasteiger partial charge in [-0.2, -0.15) is 0 Å². The van der Waals surface area contributed by atoms with Gasteiger partial charge in [-0.3, -0.25) is 4.79 Å². The fourth-order valence-electron chi connectivity index (χ4n) is 10.3. The van der Waals surface area contributed by atoms with Gasteiger partial charge in [0, 0.05) is 6.42 Å². The standard InChI is InChI=1S/C63H121NO8/c1-3-5-7-9-11-13-15-17-19-21-22-23-24-25-26-27-28-29-30-31-32-33-34-35-37-38-40-42-44-46-48-50-52-57(66)56(55-71-63-62(70)61(69)60(68)58(54-65)72-63)64-59(67)53-51-49-47-45-43-41-39-36-20-18-16-14-12-10-8-6-4-2/h18,20,50,52,56-58,60-63,65-66,68-70H,3-17,19,21-49,51,53-55H2,1-2H3,(H,64,67)/b20-18-,52-50+. The van der Waals surface area contributed by atoms with Crippen LogP contribution < -0.4 is 5.32 Å². The molecular formula is C63H121NO8. The quantitative estimate of drug-likeness (QED) is 0.0261. The third-order valence-corrected chi connectivity index (χ3v) is 15.3. The van der Waals surface area contributed by atoms with Gasteiger partial charge in [0.1, 0.15) is 24.4 Å². The van der Waals surface area contributed by atoms with Crippen LogP contribution in [0.1, 0.15) is 316 Å². The Balaban J connectivity index is 2.14. The molecule has 1 fully saturated rings. The van der Waals surface area contributed by atoms with E-state index < -0.39 is 49.5 Å². The minimum Gasteiger partial charge on any atom is -0.394 e. The summed E-state index contributed by atoms with van der Waals surface area (Å²) in [6, 6.07) is -0.806. The lowest BCUT2D eigenvalue weighted by Gasteiger charge is -2.40. The average Bonchev–Trinajstić information content (AvgIpc) is 3.38. The zero-order valence-electron chi connectivity index (χ0n) is 47.5. The second-order valence-corrected chi connectivity index (χ2v) is 22.2. The molecule has 7 unspecified atom stereocenters. The molecule has 9 heteroatoms. The first-order valence-electron chi connectivity index (χ1n) is 31.6. The second-order valence-electron chi connectivity index (χ2n) is 22.2. The second kappa shape index (κ2) is 53.1. The molecule has 0 aliphatic carbocycles. The van der Waals surface area contributed by atoms with Crippen LogP contribution in [-0.2, 0) is 14.3 Å². The Labute approximate surface area is 445 Å². The Hall–Kier alpha value is -1.33. The molecule has 1 saturated heterocycles. The van der Waals surface area contributed by atoms with E-state index in [9.17, 15) is 30.3 Å². The van der Waals surface area contributed by atoms with Gasteiger partial charge < -0.3 is 40.3 Å². The molecule has 1 aliphatic heterocycles. The molecule has 0 aromatic heterocycles. The first-order chi connectivity index (χ1) is 35.3. The maximum Gasteiger partial charge on any atom is 0.220 e. The number of nitrogens with one attached hydrogen (secondary N) is 1. The average molecular weight is 1020 g/mol. The molecule has 0 radical (unpaired) electrons. The molecule has 0 bridgehead atoms. The number of ether oxygens (including phenoxy) is 2. The van der Waals surface area contributed by atoms with Gasteiger partial charge in [0.25, 0.3) is 0 Å². The first kappa shape index (κ1) is 68.7. The van der Waals surface area contributed by atoms with Crippen molar-refractivity contribution >= 4 is 5.91 Å². The molecule has 72 heavy (non-hydrogen) atoms. The van der Waals surface area contributed by atoms with Crippen molar-refractivity contribution in [1.29, 1.82) is 0 Å². The van der Waals surface area contributed by atoms with Crippen LogP contribution in [0.5, 0.6) is 0 Å². The van der Waals surface area contributed by atoms with E-state index in [2.05, 4.69) is 31.3 Å². The highest BCUT2D eigenvalue weighted by molar-refractivity contribution is 5.76. The Morgan fingerprint density at radius 3 is 1.12 bits per heavy atom. The van der Waals surface area contributed by atoms with Gasteiger partial charge in [0.05, 0.1) is 25.4 Å². The minimum absolute atomic E-state index is 0.177. The van der Waals surface area contributed by atoms with Gasteiger partial charge in [-0.05, 0) is 44.9 Å². The molecule has 1 aliphatic rings. The molecule has 0 spiro atoms. The molecule has 1 rings (SSSR count). The van der Waals surface area contributed by atoms with Gasteiger partial charge in [-0.25, -0.2) is 0 Å². The van der Waals surface area contributed by atoms with Gasteiger partial charge in [-0.15, -0.1) is 0 Å². The number of aliphatic hydroxyl groups excluding tert-OH is 5. The Kier molecular flexibility index (Phi) is 50.6. The summed E-state index contributed by atoms with van der Waals surface area (Å²) in [4.78, 5) is 13.1. The predicted molar refractivity (Wildman–Crippen MR) is 304 cm³/mol. The van der Waals surface area contributed by atoms with Crippen molar-refractivity contribution in [3.8, 4) is 0 Å². The predicted octanol–water partition coefficient (Wildman–Crippen LogP) is 16.1. The number of carbonyl (C=O) groups excluding carboxylic acids is 1. The summed E-state index contributed by atoms with van der Waals surface area (Å²) < 4.78 is 11.3. The van der Waals surface area contributed by atoms with E-state index in [1.807, 2.05) is 6.08 Å². The van der Waals surface area contributed by atoms with E-state index in [4.69, 9.17) is 9.47 Å². The maximum absolute atomic E-state index is 13.1. The molecule has 9 nitrogen and oxygen atoms in total. The summed E-state index contributed by atoms with van der Waals surface area (Å²) in [5.74, 6) is -0.177. The minimum atomic E-state index is -1.57. The number of hydrogen-bond donors (Lipinski definition) is 6. The van der Waals surface area contributed by atoms with E-state index in [1.165, 1.54) is 250 Å². The molecule has 0 saturated carbocycles. The molecular weight excluding hydrogens is 899 g/mol. The normalized spacial score (nSPS) is 19.2. The lowest BCUT2D eigenvalue weighted by atomic mass is 9.99. The van der Waals surface area contributed by atoms with Crippen LogP contribution in [0.25, 0.3) is 0 Å². The van der Waals surface area contributed by atoms with E-state index in [0.717, 1.165) is 44.9 Å². The lowest BCUT2D eigenvalue weighted by molar-refractivity contribution is -0.302. The van der Waals surface area contributed by atoms with Crippen LogP contribution in [-0.4, -0.2) is 87.5 Å². The molecule has 426 valence electrons. The van der Waals surface area contributed by atoms with Crippen LogP contribution in [0.2, 0.25) is 0 Å². The van der Waals surface area contributed by atoms with Crippen molar-refractivity contribution in [1.82, 2.24) is 5.32 Å². The van der Waals surface area contributed by atoms with Gasteiger partial charge in [0.15, 0.2) is 6.29 Å². The highest BCUT2D eigenvalue weighted by atomic mass is 16.7. The van der Waals surface area contributed by atoms with E-state index in [0.29, 0.717) is 6.42 Å². The largest absolute Gasteiger partial charge is 0.394 e. The van der Waals surface area contributed by atoms with Crippen LogP contribution in [0.4, 0.5) is 0 Å². The highest BCUT2D eigenvalue weighted by Crippen LogP contribution is 2.23. The topological polar surface area (TPSA) is 149 Å². The number of hydrogen-bond acceptors (Lipinski definition) is 8. The molecule has 7 atom stereocenters. The zero-order valence-corrected chi connectivity index (χ0v) is 47.5. The summed E-state index contributed by atoms with van der Waals surface area (Å²) in [5.41, 5.74) is 0. The SMILES string of the molecule is CCCCCCCC/C=C\CCCCCCCCCC(=O)NC(COC1OC(CO)C(O)C(O)C1O)C(O)/C=C/CCCCCCCCCCCCCCCCCCCCCCCCCCCCCCCC. The molecule has 0 aromatic rings. The van der Waals surface area contributed by atoms with Crippen molar-refractivity contribution in [2.24, 2.45) is 0 Å². The summed E-state index contributed by atoms with van der Waals surface area (Å²) in [6.07, 6.45) is 61.3. The van der Waals surface area contributed by atoms with Crippen LogP contribution in [0.3, 0.4) is 0 Å². The number of amides is 1. The third-order valence-electron chi connectivity index (χ3n) is 15.3. The van der Waals surface area contributed by atoms with E-state index >= 15 is 0 Å². The van der Waals surface area contributed by atoms with Crippen molar-refractivity contribution < 1.29 is 39.8 Å². The van der Waals surface area contributed by atoms with Crippen molar-refractivity contribution in [3.05, 3.63) is 24.3 Å². The fourth-order valence-corrected chi connectivity index (χ4v) is 10.3. The van der Waals surface area contributed by atoms with Crippen LogP contribution in [0.15, 0.2) is 24.3 Å². The number of unbranched alkanes of at least 4 members (excludes halogenated alkanes) is 43. The summed E-state index contributed by atoms with van der Waals surface area (Å²) in [7, 11) is 0. The van der Waals surface area contributed by atoms with Crippen LogP contribution in [0, 0.1) is 0 Å². The van der Waals surface area contributed by atoms with Crippen molar-refractivity contribution in [3.63, 3.8) is 0 Å². The lowest BCUT2D eigenvalue weighted by Crippen LogP contribution is -2.60. The molecule has 1 amide bonds. The number of aliphatic hydroxyl groups is 5. The van der Waals surface area contributed by atoms with Gasteiger partial charge in [-0.1, -0.05) is 289 Å². The molecule has 0 aromatic carbocycles. The van der Waals surface area contributed by atoms with Crippen molar-refractivity contribution in [2.45, 2.75) is 358 Å². The summed E-state index contributed by atoms with van der Waals surface area (Å²) in [6.45, 7) is 3.81. The van der Waals surface area contributed by atoms with Crippen LogP contribution >= 0.6 is 0 Å². The number of carbonyl (C=O) groups is 1. The Morgan fingerprint density at radius 2 is 0.778 bits per heavy atom. The number of rotatable bonds is 55. The van der Waals surface area contributed by atoms with E-state index in [1.54, 1.807) is 6.08 Å². The summed E-state index contributed by atoms with van der Waals surface area (Å²) in [5, 5.41) is 54.6. The monoisotopic (exact) mass is 1020 g/mol. The number of allylic oxidation sites excluding steroid dienone is 3. The fraction of sp³-hybridized carbons (Fsp3) is 0.921. The summed E-state index contributed by atoms with van der Waals surface area (Å²) >= 11 is 0. The third kappa shape index (κ3) is 41.9. The smallest absolute Gasteiger partial charge is 0.220 e. The van der Waals surface area contributed by atoms with E-state index in [-0.39, 0.29) is 12.5 Å². The zero-order chi connectivity index (χ0) is 52.2. The Morgan fingerprint density at radius 1 is 0.458 bits per heavy atom.